The first-order valence-electron chi connectivity index (χ1n) is 17.6. The van der Waals surface area contributed by atoms with E-state index in [1.807, 2.05) is 26.0 Å². The van der Waals surface area contributed by atoms with E-state index in [1.54, 1.807) is 13.2 Å². The van der Waals surface area contributed by atoms with Gasteiger partial charge in [-0.1, -0.05) is 13.8 Å². The van der Waals surface area contributed by atoms with Crippen molar-refractivity contribution in [3.05, 3.63) is 94.3 Å². The second kappa shape index (κ2) is 18.0. The minimum Gasteiger partial charge on any atom is -0.480 e. The van der Waals surface area contributed by atoms with Crippen LogP contribution in [0.15, 0.2) is 65.7 Å². The zero-order chi connectivity index (χ0) is 38.1. The van der Waals surface area contributed by atoms with Crippen molar-refractivity contribution in [1.29, 1.82) is 0 Å². The van der Waals surface area contributed by atoms with Crippen molar-refractivity contribution in [1.82, 2.24) is 40.2 Å². The summed E-state index contributed by atoms with van der Waals surface area (Å²) in [5.41, 5.74) is 1.50. The number of carbonyl (C=O) groups excluding carboxylic acids is 2. The number of hydrogen-bond donors (Lipinski definition) is 3. The molecular weight excluding hydrogens is 686 g/mol. The molecule has 0 aliphatic carbocycles. The van der Waals surface area contributed by atoms with Crippen LogP contribution in [-0.4, -0.2) is 97.3 Å². The van der Waals surface area contributed by atoms with Gasteiger partial charge in [0, 0.05) is 50.1 Å². The van der Waals surface area contributed by atoms with Gasteiger partial charge in [0.25, 0.3) is 5.56 Å². The SMILES string of the molecule is COc1ccc(C2CC(C)CN([C@@H](C)C(=O)Nc3ccc(F)cn3)C2)nn1.C[C@H]1C[C@@H](c2ccc(=O)[nH]n2)CN([C@@H](C)C(=O)Nc2ccc(F)cn2)C1. The Morgan fingerprint density at radius 2 is 1.26 bits per heavy atom. The first-order valence-corrected chi connectivity index (χ1v) is 17.6. The molecule has 2 aliphatic heterocycles. The molecule has 14 nitrogen and oxygen atoms in total. The number of amides is 2. The van der Waals surface area contributed by atoms with Gasteiger partial charge in [0.1, 0.15) is 23.3 Å². The van der Waals surface area contributed by atoms with Gasteiger partial charge in [-0.25, -0.2) is 23.8 Å². The Balaban J connectivity index is 0.000000204. The van der Waals surface area contributed by atoms with E-state index in [-0.39, 0.29) is 41.3 Å². The molecule has 2 aliphatic rings. The molecule has 6 heterocycles. The smallest absolute Gasteiger partial charge is 0.264 e. The molecule has 282 valence electrons. The number of nitrogens with one attached hydrogen (secondary N) is 3. The number of carbonyl (C=O) groups is 2. The fraction of sp³-hybridized carbons (Fsp3) is 0.459. The van der Waals surface area contributed by atoms with Crippen LogP contribution in [-0.2, 0) is 9.59 Å². The van der Waals surface area contributed by atoms with Crippen molar-refractivity contribution < 1.29 is 23.1 Å². The molecule has 53 heavy (non-hydrogen) atoms. The van der Waals surface area contributed by atoms with Crippen LogP contribution in [0.5, 0.6) is 5.88 Å². The van der Waals surface area contributed by atoms with Crippen molar-refractivity contribution >= 4 is 23.5 Å². The molecule has 0 radical (unpaired) electrons. The van der Waals surface area contributed by atoms with Gasteiger partial charge in [-0.3, -0.25) is 24.2 Å². The van der Waals surface area contributed by atoms with Crippen LogP contribution in [0.2, 0.25) is 0 Å². The van der Waals surface area contributed by atoms with Gasteiger partial charge in [-0.2, -0.15) is 10.2 Å². The molecule has 2 saturated heterocycles. The summed E-state index contributed by atoms with van der Waals surface area (Å²) in [7, 11) is 1.56. The zero-order valence-electron chi connectivity index (χ0n) is 30.5. The predicted molar refractivity (Wildman–Crippen MR) is 194 cm³/mol. The number of hydrogen-bond acceptors (Lipinski definition) is 11. The first-order chi connectivity index (χ1) is 25.4. The van der Waals surface area contributed by atoms with E-state index in [4.69, 9.17) is 4.74 Å². The highest BCUT2D eigenvalue weighted by molar-refractivity contribution is 5.94. The summed E-state index contributed by atoms with van der Waals surface area (Å²) in [5, 5.41) is 20.4. The Hall–Kier alpha value is -5.22. The maximum Gasteiger partial charge on any atom is 0.264 e. The third kappa shape index (κ3) is 10.9. The molecule has 2 amide bonds. The van der Waals surface area contributed by atoms with E-state index >= 15 is 0 Å². The van der Waals surface area contributed by atoms with Crippen LogP contribution in [0, 0.1) is 23.5 Å². The number of aromatic nitrogens is 6. The van der Waals surface area contributed by atoms with Gasteiger partial charge in [-0.15, -0.1) is 5.10 Å². The van der Waals surface area contributed by atoms with Crippen LogP contribution in [0.1, 0.15) is 63.8 Å². The first kappa shape index (κ1) is 39.0. The number of H-pyrrole nitrogens is 1. The van der Waals surface area contributed by atoms with Gasteiger partial charge in [-0.05, 0) is 74.9 Å². The van der Waals surface area contributed by atoms with Crippen LogP contribution in [0.25, 0.3) is 0 Å². The summed E-state index contributed by atoms with van der Waals surface area (Å²) in [5.74, 6) is 1.08. The second-order valence-electron chi connectivity index (χ2n) is 13.9. The third-order valence-electron chi connectivity index (χ3n) is 9.59. The predicted octanol–water partition coefficient (Wildman–Crippen LogP) is 4.23. The van der Waals surface area contributed by atoms with E-state index in [2.05, 4.69) is 64.6 Å². The van der Waals surface area contributed by atoms with Gasteiger partial charge < -0.3 is 15.4 Å². The summed E-state index contributed by atoms with van der Waals surface area (Å²) >= 11 is 0. The highest BCUT2D eigenvalue weighted by Crippen LogP contribution is 2.31. The summed E-state index contributed by atoms with van der Waals surface area (Å²) in [4.78, 5) is 48.3. The molecule has 2 fully saturated rings. The van der Waals surface area contributed by atoms with Gasteiger partial charge in [0.05, 0.1) is 43.0 Å². The lowest BCUT2D eigenvalue weighted by atomic mass is 9.87. The molecule has 3 N–H and O–H groups in total. The van der Waals surface area contributed by atoms with Crippen molar-refractivity contribution in [3.8, 4) is 5.88 Å². The number of halogens is 2. The number of ether oxygens (including phenoxy) is 1. The summed E-state index contributed by atoms with van der Waals surface area (Å²) in [6, 6.07) is 11.7. The van der Waals surface area contributed by atoms with Crippen LogP contribution >= 0.6 is 0 Å². The average molecular weight is 733 g/mol. The van der Waals surface area contributed by atoms with Crippen molar-refractivity contribution in [2.45, 2.75) is 64.5 Å². The summed E-state index contributed by atoms with van der Waals surface area (Å²) < 4.78 is 31.0. The van der Waals surface area contributed by atoms with E-state index in [0.29, 0.717) is 35.9 Å². The topological polar surface area (TPSA) is 171 Å². The molecule has 6 atom stereocenters. The minimum atomic E-state index is -0.447. The average Bonchev–Trinajstić information content (AvgIpc) is 3.16. The van der Waals surface area contributed by atoms with Crippen molar-refractivity contribution in [3.63, 3.8) is 0 Å². The van der Waals surface area contributed by atoms with Gasteiger partial charge >= 0.3 is 0 Å². The molecule has 4 aromatic heterocycles. The highest BCUT2D eigenvalue weighted by atomic mass is 19.1. The van der Waals surface area contributed by atoms with Crippen molar-refractivity contribution in [2.24, 2.45) is 11.8 Å². The quantitative estimate of drug-likeness (QED) is 0.225. The Kier molecular flexibility index (Phi) is 13.3. The number of nitrogens with zero attached hydrogens (tertiary/aromatic N) is 7. The number of aromatic amines is 1. The van der Waals surface area contributed by atoms with E-state index in [1.165, 1.54) is 30.3 Å². The maximum absolute atomic E-state index is 13.0. The lowest BCUT2D eigenvalue weighted by molar-refractivity contribution is -0.122. The molecule has 16 heteroatoms. The van der Waals surface area contributed by atoms with Gasteiger partial charge in [0.15, 0.2) is 0 Å². The molecule has 0 spiro atoms. The third-order valence-corrected chi connectivity index (χ3v) is 9.59. The number of methoxy groups -OCH3 is 1. The summed E-state index contributed by atoms with van der Waals surface area (Å²) in [6.07, 6.45) is 4.09. The molecule has 2 unspecified atom stereocenters. The number of piperidine rings is 2. The number of pyridine rings is 2. The van der Waals surface area contributed by atoms with Crippen LogP contribution < -0.4 is 20.9 Å². The van der Waals surface area contributed by atoms with Crippen LogP contribution in [0.3, 0.4) is 0 Å². The Labute approximate surface area is 306 Å². The Morgan fingerprint density at radius 1 is 0.755 bits per heavy atom. The normalized spacial score (nSPS) is 21.7. The summed E-state index contributed by atoms with van der Waals surface area (Å²) in [6.45, 7) is 11.0. The lowest BCUT2D eigenvalue weighted by Gasteiger charge is -2.38. The standard InChI is InChI=1S/C19H24FN5O2.C18H22FN5O2/c1-12-8-14(16-5-7-18(27-3)24-23-16)11-25(10-12)13(2)19(26)22-17-6-4-15(20)9-21-17;1-11-7-13(15-4-6-17(25)23-22-15)10-24(9-11)12(2)18(26)21-16-5-3-14(19)8-20-16/h4-7,9,12-14H,8,10-11H2,1-3H3,(H,21,22,26);3-6,8,11-13H,7,9-10H2,1-2H3,(H,23,25)(H,20,21,26)/t12?,13-,14?;11-,12-,13+/m00/s1. The Morgan fingerprint density at radius 3 is 1.68 bits per heavy atom. The second-order valence-corrected chi connectivity index (χ2v) is 13.9. The maximum atomic E-state index is 13.0. The van der Waals surface area contributed by atoms with Crippen molar-refractivity contribution in [2.75, 3.05) is 43.9 Å². The molecule has 0 bridgehead atoms. The molecule has 0 aromatic carbocycles. The largest absolute Gasteiger partial charge is 0.480 e. The lowest BCUT2D eigenvalue weighted by Crippen LogP contribution is -2.49. The fourth-order valence-corrected chi connectivity index (χ4v) is 6.78. The Bertz CT molecular complexity index is 1840. The van der Waals surface area contributed by atoms with E-state index in [9.17, 15) is 23.2 Å². The molecule has 0 saturated carbocycles. The minimum absolute atomic E-state index is 0.148. The number of anilines is 2. The van der Waals surface area contributed by atoms with Crippen LogP contribution in [0.4, 0.5) is 20.4 Å². The number of rotatable bonds is 9. The molecule has 4 aromatic rings. The highest BCUT2D eigenvalue weighted by Gasteiger charge is 2.33. The van der Waals surface area contributed by atoms with E-state index in [0.717, 1.165) is 56.3 Å². The monoisotopic (exact) mass is 732 g/mol. The zero-order valence-corrected chi connectivity index (χ0v) is 30.5. The molecule has 6 rings (SSSR count). The number of likely N-dealkylation sites (tertiary alicyclic amines) is 2. The van der Waals surface area contributed by atoms with E-state index < -0.39 is 11.6 Å². The van der Waals surface area contributed by atoms with Gasteiger partial charge in [0.2, 0.25) is 17.7 Å². The molecular formula is C37H46F2N10O4. The fourth-order valence-electron chi connectivity index (χ4n) is 6.78.